The molecule has 0 aliphatic carbocycles. The highest BCUT2D eigenvalue weighted by molar-refractivity contribution is 9.10. The van der Waals surface area contributed by atoms with Crippen molar-refractivity contribution in [3.8, 4) is 0 Å². The highest BCUT2D eigenvalue weighted by Crippen LogP contribution is 2.33. The van der Waals surface area contributed by atoms with Gasteiger partial charge in [-0.25, -0.2) is 0 Å². The van der Waals surface area contributed by atoms with Gasteiger partial charge in [-0.15, -0.1) is 0 Å². The summed E-state index contributed by atoms with van der Waals surface area (Å²) in [5.74, 6) is 0. The van der Waals surface area contributed by atoms with Gasteiger partial charge >= 0.3 is 0 Å². The van der Waals surface area contributed by atoms with Crippen molar-refractivity contribution in [2.75, 3.05) is 6.54 Å². The maximum atomic E-state index is 5.33. The quantitative estimate of drug-likeness (QED) is 0.864. The van der Waals surface area contributed by atoms with Crippen LogP contribution in [0, 0.1) is 0 Å². The summed E-state index contributed by atoms with van der Waals surface area (Å²) in [7, 11) is 0. The van der Waals surface area contributed by atoms with Crippen LogP contribution in [0.3, 0.4) is 0 Å². The molecule has 18 heavy (non-hydrogen) atoms. The minimum Gasteiger partial charge on any atom is -0.457 e. The van der Waals surface area contributed by atoms with E-state index >= 15 is 0 Å². The average Bonchev–Trinajstić information content (AvgIpc) is 2.93. The van der Waals surface area contributed by atoms with Crippen LogP contribution < -0.4 is 5.32 Å². The van der Waals surface area contributed by atoms with Crippen LogP contribution >= 0.6 is 31.9 Å². The predicted molar refractivity (Wildman–Crippen MR) is 77.5 cm³/mol. The first kappa shape index (κ1) is 13.8. The number of nitrogens with one attached hydrogen (secondary N) is 1. The van der Waals surface area contributed by atoms with Crippen molar-refractivity contribution in [1.82, 2.24) is 15.1 Å². The van der Waals surface area contributed by atoms with Gasteiger partial charge in [-0.05, 0) is 51.4 Å². The van der Waals surface area contributed by atoms with Gasteiger partial charge in [-0.1, -0.05) is 6.92 Å². The van der Waals surface area contributed by atoms with Gasteiger partial charge in [-0.3, -0.25) is 4.68 Å². The van der Waals surface area contributed by atoms with Crippen molar-refractivity contribution in [2.24, 2.45) is 0 Å². The van der Waals surface area contributed by atoms with E-state index in [-0.39, 0.29) is 6.04 Å². The maximum Gasteiger partial charge on any atom is 0.174 e. The molecule has 1 unspecified atom stereocenters. The molecule has 2 aromatic rings. The van der Waals surface area contributed by atoms with E-state index in [0.29, 0.717) is 0 Å². The molecule has 0 fully saturated rings. The van der Waals surface area contributed by atoms with Crippen LogP contribution in [0.1, 0.15) is 31.1 Å². The van der Waals surface area contributed by atoms with Gasteiger partial charge in [0.1, 0.15) is 0 Å². The summed E-state index contributed by atoms with van der Waals surface area (Å²) >= 11 is 7.01. The second-order valence-corrected chi connectivity index (χ2v) is 5.41. The van der Waals surface area contributed by atoms with Gasteiger partial charge in [-0.2, -0.15) is 5.10 Å². The fraction of sp³-hybridized carbons (Fsp3) is 0.417. The highest BCUT2D eigenvalue weighted by Gasteiger charge is 2.24. The first-order chi connectivity index (χ1) is 8.69. The molecule has 6 heteroatoms. The lowest BCUT2D eigenvalue weighted by Crippen LogP contribution is -2.25. The van der Waals surface area contributed by atoms with Gasteiger partial charge in [0, 0.05) is 12.1 Å². The standard InChI is InChI=1S/C12H15Br2N3O/c1-3-15-10(8-5-6-18-12(8)14)11-9(13)7-16-17(11)4-2/h5-7,10,15H,3-4H2,1-2H3. The SMILES string of the molecule is CCNC(c1ccoc1Br)c1c(Br)cnn1CC. The number of rotatable bonds is 5. The Bertz CT molecular complexity index is 521. The Balaban J connectivity index is 2.47. The molecule has 0 amide bonds. The van der Waals surface area contributed by atoms with Gasteiger partial charge in [0.25, 0.3) is 0 Å². The maximum absolute atomic E-state index is 5.33. The number of furan rings is 1. The predicted octanol–water partition coefficient (Wildman–Crippen LogP) is 3.72. The van der Waals surface area contributed by atoms with Gasteiger partial charge < -0.3 is 9.73 Å². The number of aromatic nitrogens is 2. The third-order valence-corrected chi connectivity index (χ3v) is 4.03. The molecule has 0 saturated carbocycles. The van der Waals surface area contributed by atoms with Crippen molar-refractivity contribution >= 4 is 31.9 Å². The van der Waals surface area contributed by atoms with Crippen molar-refractivity contribution in [3.05, 3.63) is 38.9 Å². The Morgan fingerprint density at radius 3 is 2.78 bits per heavy atom. The normalized spacial score (nSPS) is 12.9. The Labute approximate surface area is 123 Å². The number of nitrogens with zero attached hydrogens (tertiary/aromatic N) is 2. The lowest BCUT2D eigenvalue weighted by atomic mass is 10.1. The second-order valence-electron chi connectivity index (χ2n) is 3.83. The van der Waals surface area contributed by atoms with Crippen LogP contribution in [0.4, 0.5) is 0 Å². The summed E-state index contributed by atoms with van der Waals surface area (Å²) in [6, 6.07) is 2.02. The summed E-state index contributed by atoms with van der Waals surface area (Å²) in [4.78, 5) is 0. The summed E-state index contributed by atoms with van der Waals surface area (Å²) in [5, 5.41) is 7.82. The van der Waals surface area contributed by atoms with E-state index in [1.165, 1.54) is 0 Å². The van der Waals surface area contributed by atoms with Crippen LogP contribution in [0.5, 0.6) is 0 Å². The smallest absolute Gasteiger partial charge is 0.174 e. The zero-order valence-corrected chi connectivity index (χ0v) is 13.5. The van der Waals surface area contributed by atoms with Gasteiger partial charge in [0.2, 0.25) is 0 Å². The minimum absolute atomic E-state index is 0.0555. The van der Waals surface area contributed by atoms with Crippen LogP contribution in [0.15, 0.2) is 32.1 Å². The number of halogens is 2. The Kier molecular flexibility index (Phi) is 4.64. The summed E-state index contributed by atoms with van der Waals surface area (Å²) < 4.78 is 9.07. The lowest BCUT2D eigenvalue weighted by Gasteiger charge is -2.19. The summed E-state index contributed by atoms with van der Waals surface area (Å²) in [6.45, 7) is 5.86. The van der Waals surface area contributed by atoms with Crippen LogP contribution in [-0.4, -0.2) is 16.3 Å². The third-order valence-electron chi connectivity index (χ3n) is 2.77. The topological polar surface area (TPSA) is 43.0 Å². The molecule has 98 valence electrons. The highest BCUT2D eigenvalue weighted by atomic mass is 79.9. The molecule has 1 N–H and O–H groups in total. The zero-order chi connectivity index (χ0) is 13.1. The van der Waals surface area contributed by atoms with Crippen molar-refractivity contribution < 1.29 is 4.42 Å². The van der Waals surface area contributed by atoms with Crippen LogP contribution in [0.2, 0.25) is 0 Å². The molecule has 0 bridgehead atoms. The van der Waals surface area contributed by atoms with Crippen molar-refractivity contribution in [3.63, 3.8) is 0 Å². The van der Waals surface area contributed by atoms with E-state index in [2.05, 4.69) is 56.1 Å². The van der Waals surface area contributed by atoms with Crippen molar-refractivity contribution in [1.29, 1.82) is 0 Å². The fourth-order valence-corrected chi connectivity index (χ4v) is 2.97. The molecule has 0 spiro atoms. The van der Waals surface area contributed by atoms with Crippen LogP contribution in [-0.2, 0) is 6.54 Å². The van der Waals surface area contributed by atoms with E-state index in [0.717, 1.165) is 33.5 Å². The number of hydrogen-bond acceptors (Lipinski definition) is 3. The Morgan fingerprint density at radius 2 is 2.22 bits per heavy atom. The molecule has 2 rings (SSSR count). The minimum atomic E-state index is 0.0555. The largest absolute Gasteiger partial charge is 0.457 e. The Hall–Kier alpha value is -0.590. The molecule has 0 radical (unpaired) electrons. The average molecular weight is 377 g/mol. The molecule has 0 aliphatic heterocycles. The van der Waals surface area contributed by atoms with E-state index in [1.54, 1.807) is 6.26 Å². The van der Waals surface area contributed by atoms with Crippen molar-refractivity contribution in [2.45, 2.75) is 26.4 Å². The van der Waals surface area contributed by atoms with Crippen LogP contribution in [0.25, 0.3) is 0 Å². The third kappa shape index (κ3) is 2.55. The number of hydrogen-bond donors (Lipinski definition) is 1. The molecular formula is C12H15Br2N3O. The molecule has 2 heterocycles. The van der Waals surface area contributed by atoms with E-state index in [1.807, 2.05) is 16.9 Å². The van der Waals surface area contributed by atoms with E-state index in [4.69, 9.17) is 4.42 Å². The van der Waals surface area contributed by atoms with E-state index in [9.17, 15) is 0 Å². The molecule has 4 nitrogen and oxygen atoms in total. The molecule has 2 aromatic heterocycles. The van der Waals surface area contributed by atoms with E-state index < -0.39 is 0 Å². The molecular weight excluding hydrogens is 362 g/mol. The first-order valence-corrected chi connectivity index (χ1v) is 7.45. The summed E-state index contributed by atoms with van der Waals surface area (Å²) in [5.41, 5.74) is 2.19. The molecule has 0 aliphatic rings. The first-order valence-electron chi connectivity index (χ1n) is 5.86. The molecule has 0 aromatic carbocycles. The zero-order valence-electron chi connectivity index (χ0n) is 10.3. The Morgan fingerprint density at radius 1 is 1.44 bits per heavy atom. The number of aryl methyl sites for hydroxylation is 1. The molecule has 1 atom stereocenters. The fourth-order valence-electron chi connectivity index (χ4n) is 1.98. The summed E-state index contributed by atoms with van der Waals surface area (Å²) in [6.07, 6.45) is 3.52. The lowest BCUT2D eigenvalue weighted by molar-refractivity contribution is 0.510. The van der Waals surface area contributed by atoms with Gasteiger partial charge in [0.15, 0.2) is 4.67 Å². The molecule has 0 saturated heterocycles. The second kappa shape index (κ2) is 6.04. The van der Waals surface area contributed by atoms with Gasteiger partial charge in [0.05, 0.1) is 28.7 Å². The monoisotopic (exact) mass is 375 g/mol.